The van der Waals surface area contributed by atoms with Crippen molar-refractivity contribution < 1.29 is 13.7 Å². The molecule has 0 saturated carbocycles. The van der Waals surface area contributed by atoms with Gasteiger partial charge >= 0.3 is 0 Å². The number of ether oxygens (including phenoxy) is 1. The number of benzene rings is 1. The quantitative estimate of drug-likeness (QED) is 0.927. The molecule has 0 bridgehead atoms. The number of hydrogen-bond acceptors (Lipinski definition) is 5. The third-order valence-electron chi connectivity index (χ3n) is 3.45. The van der Waals surface area contributed by atoms with Crippen molar-refractivity contribution in [3.8, 4) is 11.4 Å². The number of hydrogen-bond donors (Lipinski definition) is 1. The first-order valence-corrected chi connectivity index (χ1v) is 6.50. The number of halogens is 1. The second-order valence-corrected chi connectivity index (χ2v) is 5.31. The predicted molar refractivity (Wildman–Crippen MR) is 70.5 cm³/mol. The van der Waals surface area contributed by atoms with Crippen LogP contribution >= 0.6 is 0 Å². The Labute approximate surface area is 116 Å². The maximum atomic E-state index is 13.3. The van der Waals surface area contributed by atoms with E-state index in [-0.39, 0.29) is 18.0 Å². The lowest BCUT2D eigenvalue weighted by atomic mass is 10.0. The summed E-state index contributed by atoms with van der Waals surface area (Å²) < 4.78 is 24.2. The van der Waals surface area contributed by atoms with E-state index < -0.39 is 0 Å². The zero-order valence-electron chi connectivity index (χ0n) is 11.4. The molecule has 1 aromatic carbocycles. The third kappa shape index (κ3) is 2.57. The van der Waals surface area contributed by atoms with Gasteiger partial charge in [0.1, 0.15) is 12.4 Å². The molecule has 2 heterocycles. The van der Waals surface area contributed by atoms with E-state index in [0.29, 0.717) is 17.3 Å². The van der Waals surface area contributed by atoms with Gasteiger partial charge in [0.25, 0.3) is 5.89 Å². The van der Waals surface area contributed by atoms with E-state index in [2.05, 4.69) is 15.5 Å². The van der Waals surface area contributed by atoms with Crippen LogP contribution in [-0.2, 0) is 11.3 Å². The smallest absolute Gasteiger partial charge is 0.252 e. The lowest BCUT2D eigenvalue weighted by Gasteiger charge is -2.38. The largest absolute Gasteiger partial charge is 0.363 e. The summed E-state index contributed by atoms with van der Waals surface area (Å²) in [4.78, 5) is 4.25. The number of aromatic nitrogens is 2. The molecule has 3 rings (SSSR count). The molecule has 1 aliphatic heterocycles. The fourth-order valence-electron chi connectivity index (χ4n) is 2.07. The van der Waals surface area contributed by atoms with Gasteiger partial charge < -0.3 is 14.6 Å². The van der Waals surface area contributed by atoms with E-state index in [9.17, 15) is 4.39 Å². The molecule has 0 atom stereocenters. The van der Waals surface area contributed by atoms with E-state index in [1.807, 2.05) is 13.8 Å². The first-order chi connectivity index (χ1) is 9.56. The van der Waals surface area contributed by atoms with Gasteiger partial charge in [-0.3, -0.25) is 0 Å². The van der Waals surface area contributed by atoms with Gasteiger partial charge in [0.2, 0.25) is 5.82 Å². The Balaban J connectivity index is 1.74. The molecule has 0 unspecified atom stereocenters. The predicted octanol–water partition coefficient (Wildman–Crippen LogP) is 2.06. The number of aryl methyl sites for hydroxylation is 1. The van der Waals surface area contributed by atoms with Crippen molar-refractivity contribution in [1.82, 2.24) is 15.5 Å². The van der Waals surface area contributed by atoms with E-state index in [1.165, 1.54) is 12.1 Å². The zero-order valence-corrected chi connectivity index (χ0v) is 11.4. The summed E-state index contributed by atoms with van der Waals surface area (Å²) >= 11 is 0. The molecule has 20 heavy (non-hydrogen) atoms. The maximum Gasteiger partial charge on any atom is 0.252 e. The SMILES string of the molecule is Cc1ccc(F)cc1-c1noc(COC2(C)CNC2)n1. The van der Waals surface area contributed by atoms with Gasteiger partial charge in [-0.25, -0.2) is 4.39 Å². The minimum Gasteiger partial charge on any atom is -0.363 e. The van der Waals surface area contributed by atoms with Crippen molar-refractivity contribution >= 4 is 0 Å². The summed E-state index contributed by atoms with van der Waals surface area (Å²) in [6, 6.07) is 4.51. The van der Waals surface area contributed by atoms with E-state index >= 15 is 0 Å². The molecular weight excluding hydrogens is 261 g/mol. The van der Waals surface area contributed by atoms with Crippen LogP contribution in [-0.4, -0.2) is 28.8 Å². The summed E-state index contributed by atoms with van der Waals surface area (Å²) in [7, 11) is 0. The van der Waals surface area contributed by atoms with Gasteiger partial charge in [-0.05, 0) is 31.5 Å². The topological polar surface area (TPSA) is 60.2 Å². The highest BCUT2D eigenvalue weighted by molar-refractivity contribution is 5.59. The molecule has 0 aliphatic carbocycles. The highest BCUT2D eigenvalue weighted by atomic mass is 19.1. The van der Waals surface area contributed by atoms with Gasteiger partial charge in [0.05, 0.1) is 5.60 Å². The maximum absolute atomic E-state index is 13.3. The van der Waals surface area contributed by atoms with Crippen molar-refractivity contribution in [3.63, 3.8) is 0 Å². The van der Waals surface area contributed by atoms with Gasteiger partial charge in [0, 0.05) is 18.7 Å². The minimum absolute atomic E-state index is 0.163. The molecule has 5 nitrogen and oxygen atoms in total. The molecule has 1 fully saturated rings. The molecule has 6 heteroatoms. The normalized spacial score (nSPS) is 16.9. The Hall–Kier alpha value is -1.79. The lowest BCUT2D eigenvalue weighted by Crippen LogP contribution is -2.58. The summed E-state index contributed by atoms with van der Waals surface area (Å²) in [5.41, 5.74) is 1.37. The van der Waals surface area contributed by atoms with Gasteiger partial charge in [-0.1, -0.05) is 11.2 Å². The molecule has 0 radical (unpaired) electrons. The molecule has 1 aromatic heterocycles. The van der Waals surface area contributed by atoms with Crippen molar-refractivity contribution in [1.29, 1.82) is 0 Å². The summed E-state index contributed by atoms with van der Waals surface area (Å²) in [6.07, 6.45) is 0. The fourth-order valence-corrected chi connectivity index (χ4v) is 2.07. The fraction of sp³-hybridized carbons (Fsp3) is 0.429. The lowest BCUT2D eigenvalue weighted by molar-refractivity contribution is -0.0841. The van der Waals surface area contributed by atoms with Crippen LogP contribution in [0.5, 0.6) is 0 Å². The molecule has 1 N–H and O–H groups in total. The molecule has 2 aromatic rings. The molecule has 1 saturated heterocycles. The highest BCUT2D eigenvalue weighted by Gasteiger charge is 2.33. The Kier molecular flexibility index (Phi) is 3.27. The average molecular weight is 277 g/mol. The van der Waals surface area contributed by atoms with Gasteiger partial charge in [-0.2, -0.15) is 4.98 Å². The summed E-state index contributed by atoms with van der Waals surface area (Å²) in [5.74, 6) is 0.468. The van der Waals surface area contributed by atoms with Crippen LogP contribution in [0, 0.1) is 12.7 Å². The molecule has 1 aliphatic rings. The number of nitrogens with zero attached hydrogens (tertiary/aromatic N) is 2. The third-order valence-corrected chi connectivity index (χ3v) is 3.45. The average Bonchev–Trinajstić information content (AvgIpc) is 2.86. The van der Waals surface area contributed by atoms with Crippen LogP contribution < -0.4 is 5.32 Å². The van der Waals surface area contributed by atoms with Gasteiger partial charge in [0.15, 0.2) is 0 Å². The summed E-state index contributed by atoms with van der Waals surface area (Å²) in [6.45, 7) is 5.80. The summed E-state index contributed by atoms with van der Waals surface area (Å²) in [5, 5.41) is 7.03. The van der Waals surface area contributed by atoms with Crippen LogP contribution in [0.3, 0.4) is 0 Å². The van der Waals surface area contributed by atoms with Crippen LogP contribution in [0.15, 0.2) is 22.7 Å². The Bertz CT molecular complexity index is 623. The van der Waals surface area contributed by atoms with Crippen molar-refractivity contribution in [2.45, 2.75) is 26.1 Å². The Morgan fingerprint density at radius 3 is 2.95 bits per heavy atom. The molecule has 0 spiro atoms. The standard InChI is InChI=1S/C14H16FN3O2/c1-9-3-4-10(15)5-11(9)13-17-12(20-18-13)6-19-14(2)7-16-8-14/h3-5,16H,6-8H2,1-2H3. The number of nitrogens with one attached hydrogen (secondary N) is 1. The second-order valence-electron chi connectivity index (χ2n) is 5.31. The van der Waals surface area contributed by atoms with Crippen molar-refractivity contribution in [3.05, 3.63) is 35.5 Å². The van der Waals surface area contributed by atoms with Crippen LogP contribution in [0.25, 0.3) is 11.4 Å². The molecule has 106 valence electrons. The molecular formula is C14H16FN3O2. The van der Waals surface area contributed by atoms with Crippen LogP contribution in [0.2, 0.25) is 0 Å². The highest BCUT2D eigenvalue weighted by Crippen LogP contribution is 2.23. The molecule has 0 amide bonds. The van der Waals surface area contributed by atoms with Crippen molar-refractivity contribution in [2.24, 2.45) is 0 Å². The van der Waals surface area contributed by atoms with Gasteiger partial charge in [-0.15, -0.1) is 0 Å². The van der Waals surface area contributed by atoms with E-state index in [1.54, 1.807) is 6.07 Å². The minimum atomic E-state index is -0.318. The van der Waals surface area contributed by atoms with E-state index in [4.69, 9.17) is 9.26 Å². The number of rotatable bonds is 4. The Morgan fingerprint density at radius 1 is 1.45 bits per heavy atom. The monoisotopic (exact) mass is 277 g/mol. The first-order valence-electron chi connectivity index (χ1n) is 6.50. The zero-order chi connectivity index (χ0) is 14.2. The second kappa shape index (κ2) is 4.96. The van der Waals surface area contributed by atoms with E-state index in [0.717, 1.165) is 18.7 Å². The Morgan fingerprint density at radius 2 is 2.25 bits per heavy atom. The van der Waals surface area contributed by atoms with Crippen molar-refractivity contribution in [2.75, 3.05) is 13.1 Å². The van der Waals surface area contributed by atoms with Crippen LogP contribution in [0.4, 0.5) is 4.39 Å². The van der Waals surface area contributed by atoms with Crippen LogP contribution in [0.1, 0.15) is 18.4 Å². The first kappa shape index (κ1) is 13.2.